The Balaban J connectivity index is 1.87. The van der Waals surface area contributed by atoms with Crippen molar-refractivity contribution in [2.45, 2.75) is 17.9 Å². The predicted molar refractivity (Wildman–Crippen MR) is 99.1 cm³/mol. The Morgan fingerprint density at radius 2 is 2.04 bits per heavy atom. The summed E-state index contributed by atoms with van der Waals surface area (Å²) in [5.41, 5.74) is 1.01. The lowest BCUT2D eigenvalue weighted by Crippen LogP contribution is -2.27. The molecular formula is C18H21NO2S2. The van der Waals surface area contributed by atoms with Gasteiger partial charge < -0.3 is 10.1 Å². The Kier molecular flexibility index (Phi) is 6.89. The van der Waals surface area contributed by atoms with Crippen LogP contribution in [0.15, 0.2) is 47.4 Å². The maximum atomic E-state index is 11.9. The van der Waals surface area contributed by atoms with Gasteiger partial charge in [0, 0.05) is 34.4 Å². The maximum absolute atomic E-state index is 11.9. The van der Waals surface area contributed by atoms with Crippen LogP contribution < -0.4 is 5.32 Å². The van der Waals surface area contributed by atoms with Gasteiger partial charge in [-0.25, -0.2) is 0 Å². The number of ether oxygens (including phenoxy) is 1. The Hall–Kier alpha value is -1.56. The third kappa shape index (κ3) is 5.53. The van der Waals surface area contributed by atoms with Gasteiger partial charge in [-0.05, 0) is 49.1 Å². The molecule has 1 N–H and O–H groups in total. The van der Waals surface area contributed by atoms with E-state index in [1.807, 2.05) is 42.7 Å². The van der Waals surface area contributed by atoms with Gasteiger partial charge >= 0.3 is 0 Å². The Morgan fingerprint density at radius 3 is 2.61 bits per heavy atom. The number of nitrogens with one attached hydrogen (secondary N) is 1. The second kappa shape index (κ2) is 8.91. The number of thioether (sulfide) groups is 1. The SMILES string of the molecule is COC(CNC(=O)/C=C/c1ccc(SC)cc1)c1ccc(C)s1. The minimum atomic E-state index is -0.116. The average Bonchev–Trinajstić information content (AvgIpc) is 3.00. The van der Waals surface area contributed by atoms with Crippen molar-refractivity contribution in [2.24, 2.45) is 0 Å². The summed E-state index contributed by atoms with van der Waals surface area (Å²) in [6.07, 6.45) is 5.31. The third-order valence-electron chi connectivity index (χ3n) is 3.37. The van der Waals surface area contributed by atoms with Crippen molar-refractivity contribution in [1.82, 2.24) is 5.32 Å². The molecule has 122 valence electrons. The van der Waals surface area contributed by atoms with E-state index < -0.39 is 0 Å². The van der Waals surface area contributed by atoms with Crippen molar-refractivity contribution in [3.05, 3.63) is 57.8 Å². The number of hydrogen-bond acceptors (Lipinski definition) is 4. The lowest BCUT2D eigenvalue weighted by molar-refractivity contribution is -0.117. The van der Waals surface area contributed by atoms with E-state index in [0.717, 1.165) is 10.4 Å². The topological polar surface area (TPSA) is 38.3 Å². The van der Waals surface area contributed by atoms with E-state index in [1.165, 1.54) is 9.77 Å². The number of amides is 1. The second-order valence-corrected chi connectivity index (χ2v) is 7.22. The number of methoxy groups -OCH3 is 1. The molecule has 1 atom stereocenters. The van der Waals surface area contributed by atoms with Gasteiger partial charge in [0.05, 0.1) is 0 Å². The number of aryl methyl sites for hydroxylation is 1. The number of rotatable bonds is 7. The van der Waals surface area contributed by atoms with Crippen LogP contribution in [-0.4, -0.2) is 25.8 Å². The first-order valence-corrected chi connectivity index (χ1v) is 9.35. The highest BCUT2D eigenvalue weighted by Gasteiger charge is 2.13. The number of carbonyl (C=O) groups is 1. The van der Waals surface area contributed by atoms with Crippen LogP contribution in [0.3, 0.4) is 0 Å². The molecule has 0 saturated carbocycles. The van der Waals surface area contributed by atoms with Crippen LogP contribution in [0.1, 0.15) is 21.4 Å². The minimum Gasteiger partial charge on any atom is -0.374 e. The number of benzene rings is 1. The zero-order valence-electron chi connectivity index (χ0n) is 13.5. The van der Waals surface area contributed by atoms with Crippen molar-refractivity contribution < 1.29 is 9.53 Å². The zero-order chi connectivity index (χ0) is 16.7. The molecule has 0 aliphatic carbocycles. The first kappa shape index (κ1) is 17.8. The normalized spacial score (nSPS) is 12.5. The maximum Gasteiger partial charge on any atom is 0.244 e. The summed E-state index contributed by atoms with van der Waals surface area (Å²) in [6, 6.07) is 12.2. The first-order valence-electron chi connectivity index (χ1n) is 7.31. The monoisotopic (exact) mass is 347 g/mol. The molecule has 2 rings (SSSR count). The summed E-state index contributed by atoms with van der Waals surface area (Å²) < 4.78 is 5.46. The van der Waals surface area contributed by atoms with Crippen LogP contribution in [0, 0.1) is 6.92 Å². The van der Waals surface area contributed by atoms with Crippen LogP contribution in [0.4, 0.5) is 0 Å². The summed E-state index contributed by atoms with van der Waals surface area (Å²) in [5, 5.41) is 2.89. The molecule has 0 aliphatic rings. The van der Waals surface area contributed by atoms with Gasteiger partial charge in [-0.2, -0.15) is 0 Å². The molecular weight excluding hydrogens is 326 g/mol. The summed E-state index contributed by atoms with van der Waals surface area (Å²) in [7, 11) is 1.66. The molecule has 1 heterocycles. The van der Waals surface area contributed by atoms with Crippen molar-refractivity contribution in [3.8, 4) is 0 Å². The minimum absolute atomic E-state index is 0.105. The molecule has 1 unspecified atom stereocenters. The van der Waals surface area contributed by atoms with Gasteiger partial charge in [-0.3, -0.25) is 4.79 Å². The zero-order valence-corrected chi connectivity index (χ0v) is 15.2. The van der Waals surface area contributed by atoms with Crippen molar-refractivity contribution in [1.29, 1.82) is 0 Å². The average molecular weight is 348 g/mol. The van der Waals surface area contributed by atoms with E-state index in [2.05, 4.69) is 18.3 Å². The highest BCUT2D eigenvalue weighted by atomic mass is 32.2. The van der Waals surface area contributed by atoms with Crippen LogP contribution >= 0.6 is 23.1 Å². The Bertz CT molecular complexity index is 662. The summed E-state index contributed by atoms with van der Waals surface area (Å²) in [5.74, 6) is -0.116. The lowest BCUT2D eigenvalue weighted by Gasteiger charge is -2.13. The fourth-order valence-electron chi connectivity index (χ4n) is 2.07. The predicted octanol–water partition coefficient (Wildman–Crippen LogP) is 4.30. The van der Waals surface area contributed by atoms with Crippen LogP contribution in [-0.2, 0) is 9.53 Å². The number of hydrogen-bond donors (Lipinski definition) is 1. The van der Waals surface area contributed by atoms with Gasteiger partial charge in [0.2, 0.25) is 5.91 Å². The quantitative estimate of drug-likeness (QED) is 0.599. The molecule has 0 saturated heterocycles. The molecule has 1 aromatic heterocycles. The summed E-state index contributed by atoms with van der Waals surface area (Å²) in [6.45, 7) is 2.52. The van der Waals surface area contributed by atoms with Gasteiger partial charge in [0.15, 0.2) is 0 Å². The number of carbonyl (C=O) groups excluding carboxylic acids is 1. The first-order chi connectivity index (χ1) is 11.1. The van der Waals surface area contributed by atoms with Gasteiger partial charge in [0.25, 0.3) is 0 Å². The van der Waals surface area contributed by atoms with E-state index in [4.69, 9.17) is 4.74 Å². The molecule has 0 aliphatic heterocycles. The fraction of sp³-hybridized carbons (Fsp3) is 0.278. The van der Waals surface area contributed by atoms with Gasteiger partial charge in [-0.1, -0.05) is 12.1 Å². The number of thiophene rings is 1. The van der Waals surface area contributed by atoms with E-state index in [9.17, 15) is 4.79 Å². The summed E-state index contributed by atoms with van der Waals surface area (Å²) >= 11 is 3.39. The molecule has 0 radical (unpaired) electrons. The Labute approximate surface area is 145 Å². The van der Waals surface area contributed by atoms with E-state index >= 15 is 0 Å². The van der Waals surface area contributed by atoms with Crippen LogP contribution in [0.5, 0.6) is 0 Å². The second-order valence-electron chi connectivity index (χ2n) is 5.02. The highest BCUT2D eigenvalue weighted by molar-refractivity contribution is 7.98. The van der Waals surface area contributed by atoms with Crippen molar-refractivity contribution >= 4 is 35.1 Å². The molecule has 1 amide bonds. The van der Waals surface area contributed by atoms with Gasteiger partial charge in [-0.15, -0.1) is 23.1 Å². The van der Waals surface area contributed by atoms with Crippen LogP contribution in [0.2, 0.25) is 0 Å². The molecule has 0 fully saturated rings. The molecule has 0 bridgehead atoms. The van der Waals surface area contributed by atoms with Gasteiger partial charge in [0.1, 0.15) is 6.10 Å². The van der Waals surface area contributed by atoms with E-state index in [0.29, 0.717) is 6.54 Å². The molecule has 0 spiro atoms. The lowest BCUT2D eigenvalue weighted by atomic mass is 10.2. The highest BCUT2D eigenvalue weighted by Crippen LogP contribution is 2.24. The van der Waals surface area contributed by atoms with Crippen molar-refractivity contribution in [3.63, 3.8) is 0 Å². The summed E-state index contributed by atoms with van der Waals surface area (Å²) in [4.78, 5) is 15.5. The largest absolute Gasteiger partial charge is 0.374 e. The van der Waals surface area contributed by atoms with E-state index in [-0.39, 0.29) is 12.0 Å². The molecule has 5 heteroatoms. The Morgan fingerprint density at radius 1 is 1.30 bits per heavy atom. The molecule has 23 heavy (non-hydrogen) atoms. The molecule has 1 aromatic carbocycles. The smallest absolute Gasteiger partial charge is 0.244 e. The van der Waals surface area contributed by atoms with E-state index in [1.54, 1.807) is 36.3 Å². The third-order valence-corrected chi connectivity index (χ3v) is 5.20. The molecule has 3 nitrogen and oxygen atoms in total. The fourth-order valence-corrected chi connectivity index (χ4v) is 3.43. The standard InChI is InChI=1S/C18H21NO2S2/c1-13-4-10-17(23-13)16(21-2)12-19-18(20)11-7-14-5-8-15(22-3)9-6-14/h4-11,16H,12H2,1-3H3,(H,19,20)/b11-7+. The van der Waals surface area contributed by atoms with Crippen molar-refractivity contribution in [2.75, 3.05) is 19.9 Å². The van der Waals surface area contributed by atoms with Crippen LogP contribution in [0.25, 0.3) is 6.08 Å². The molecule has 2 aromatic rings.